The molecule has 0 aliphatic carbocycles. The highest BCUT2D eigenvalue weighted by atomic mass is 79.9. The third-order valence-corrected chi connectivity index (χ3v) is 4.63. The number of aromatic nitrogens is 1. The molecule has 2 aromatic rings. The third-order valence-electron chi connectivity index (χ3n) is 4.02. The molecule has 1 aromatic heterocycles. The molecule has 0 spiro atoms. The van der Waals surface area contributed by atoms with Crippen LogP contribution in [0.15, 0.2) is 47.1 Å². The molecule has 1 saturated heterocycles. The molecule has 144 valence electrons. The van der Waals surface area contributed by atoms with E-state index in [9.17, 15) is 18.0 Å². The summed E-state index contributed by atoms with van der Waals surface area (Å²) in [5.74, 6) is 0.151. The minimum Gasteiger partial charge on any atom is -0.484 e. The molecule has 2 heterocycles. The first kappa shape index (κ1) is 19.5. The van der Waals surface area contributed by atoms with Crippen LogP contribution in [0.3, 0.4) is 0 Å². The second-order valence-corrected chi connectivity index (χ2v) is 6.83. The summed E-state index contributed by atoms with van der Waals surface area (Å²) in [6.07, 6.45) is -2.41. The smallest absolute Gasteiger partial charge is 0.416 e. The molecule has 1 aliphatic rings. The standard InChI is InChI=1S/C18H16BrF3N2O3/c19-15-5-2-7-23-17(15)27-14-6-8-24(10-14)16(25)11-26-13-4-1-3-12(9-13)18(20,21)22/h1-5,7,9,14H,6,8,10-11H2. The Labute approximate surface area is 162 Å². The molecular weight excluding hydrogens is 429 g/mol. The monoisotopic (exact) mass is 444 g/mol. The number of pyridine rings is 1. The maximum atomic E-state index is 12.7. The summed E-state index contributed by atoms with van der Waals surface area (Å²) in [5.41, 5.74) is -0.817. The fraction of sp³-hybridized carbons (Fsp3) is 0.333. The average molecular weight is 445 g/mol. The van der Waals surface area contributed by atoms with Crippen molar-refractivity contribution in [1.29, 1.82) is 0 Å². The van der Waals surface area contributed by atoms with Crippen LogP contribution in [-0.4, -0.2) is 41.6 Å². The number of nitrogens with zero attached hydrogens (tertiary/aromatic N) is 2. The molecule has 1 atom stereocenters. The van der Waals surface area contributed by atoms with Gasteiger partial charge in [0.15, 0.2) is 6.61 Å². The predicted octanol–water partition coefficient (Wildman–Crippen LogP) is 3.92. The van der Waals surface area contributed by atoms with Crippen molar-refractivity contribution in [1.82, 2.24) is 9.88 Å². The molecular formula is C18H16BrF3N2O3. The van der Waals surface area contributed by atoms with E-state index in [1.165, 1.54) is 12.1 Å². The van der Waals surface area contributed by atoms with Gasteiger partial charge in [0.25, 0.3) is 5.91 Å². The molecule has 1 aromatic carbocycles. The van der Waals surface area contributed by atoms with Gasteiger partial charge in [-0.2, -0.15) is 13.2 Å². The summed E-state index contributed by atoms with van der Waals surface area (Å²) < 4.78 is 49.9. The van der Waals surface area contributed by atoms with Crippen LogP contribution in [-0.2, 0) is 11.0 Å². The SMILES string of the molecule is O=C(COc1cccc(C(F)(F)F)c1)N1CCC(Oc2ncccc2Br)C1. The second kappa shape index (κ2) is 8.16. The second-order valence-electron chi connectivity index (χ2n) is 5.97. The molecule has 0 bridgehead atoms. The Morgan fingerprint density at radius 3 is 2.85 bits per heavy atom. The van der Waals surface area contributed by atoms with E-state index in [1.54, 1.807) is 17.2 Å². The molecule has 1 aliphatic heterocycles. The normalized spacial score (nSPS) is 17.0. The van der Waals surface area contributed by atoms with Crippen LogP contribution in [0.2, 0.25) is 0 Å². The minimum absolute atomic E-state index is 0.00240. The minimum atomic E-state index is -4.46. The highest BCUT2D eigenvalue weighted by Crippen LogP contribution is 2.31. The lowest BCUT2D eigenvalue weighted by Crippen LogP contribution is -2.34. The van der Waals surface area contributed by atoms with Crippen molar-refractivity contribution in [3.8, 4) is 11.6 Å². The van der Waals surface area contributed by atoms with E-state index in [2.05, 4.69) is 20.9 Å². The maximum Gasteiger partial charge on any atom is 0.416 e. The molecule has 27 heavy (non-hydrogen) atoms. The lowest BCUT2D eigenvalue weighted by atomic mass is 10.2. The van der Waals surface area contributed by atoms with Crippen molar-refractivity contribution in [3.63, 3.8) is 0 Å². The van der Waals surface area contributed by atoms with Gasteiger partial charge in [0.2, 0.25) is 5.88 Å². The van der Waals surface area contributed by atoms with Crippen LogP contribution in [0.4, 0.5) is 13.2 Å². The number of carbonyl (C=O) groups is 1. The van der Waals surface area contributed by atoms with Crippen LogP contribution < -0.4 is 9.47 Å². The number of hydrogen-bond donors (Lipinski definition) is 0. The molecule has 0 radical (unpaired) electrons. The lowest BCUT2D eigenvalue weighted by molar-refractivity contribution is -0.137. The zero-order valence-electron chi connectivity index (χ0n) is 14.1. The van der Waals surface area contributed by atoms with E-state index in [0.29, 0.717) is 25.4 Å². The topological polar surface area (TPSA) is 51.7 Å². The zero-order valence-corrected chi connectivity index (χ0v) is 15.7. The summed E-state index contributed by atoms with van der Waals surface area (Å²) in [7, 11) is 0. The van der Waals surface area contributed by atoms with Gasteiger partial charge < -0.3 is 14.4 Å². The average Bonchev–Trinajstić information content (AvgIpc) is 3.10. The molecule has 5 nitrogen and oxygen atoms in total. The summed E-state index contributed by atoms with van der Waals surface area (Å²) >= 11 is 3.35. The Morgan fingerprint density at radius 1 is 1.30 bits per heavy atom. The van der Waals surface area contributed by atoms with Gasteiger partial charge in [0.1, 0.15) is 11.9 Å². The van der Waals surface area contributed by atoms with Crippen molar-refractivity contribution >= 4 is 21.8 Å². The predicted molar refractivity (Wildman–Crippen MR) is 94.5 cm³/mol. The van der Waals surface area contributed by atoms with E-state index < -0.39 is 11.7 Å². The molecule has 1 fully saturated rings. The molecule has 0 N–H and O–H groups in total. The highest BCUT2D eigenvalue weighted by Gasteiger charge is 2.31. The molecule has 9 heteroatoms. The van der Waals surface area contributed by atoms with Crippen LogP contribution in [0.25, 0.3) is 0 Å². The number of halogens is 4. The van der Waals surface area contributed by atoms with Crippen molar-refractivity contribution < 1.29 is 27.4 Å². The fourth-order valence-corrected chi connectivity index (χ4v) is 3.01. The van der Waals surface area contributed by atoms with Gasteiger partial charge in [-0.25, -0.2) is 4.98 Å². The number of benzene rings is 1. The number of ether oxygens (including phenoxy) is 2. The molecule has 0 saturated carbocycles. The van der Waals surface area contributed by atoms with Gasteiger partial charge >= 0.3 is 6.18 Å². The van der Waals surface area contributed by atoms with Crippen LogP contribution in [0, 0.1) is 0 Å². The van der Waals surface area contributed by atoms with Crippen LogP contribution in [0.5, 0.6) is 11.6 Å². The number of alkyl halides is 3. The molecule has 1 amide bonds. The largest absolute Gasteiger partial charge is 0.484 e. The lowest BCUT2D eigenvalue weighted by Gasteiger charge is -2.18. The van der Waals surface area contributed by atoms with Gasteiger partial charge in [0.05, 0.1) is 16.6 Å². The molecule has 1 unspecified atom stereocenters. The molecule has 3 rings (SSSR count). The van der Waals surface area contributed by atoms with Gasteiger partial charge in [0, 0.05) is 19.2 Å². The van der Waals surface area contributed by atoms with E-state index >= 15 is 0 Å². The van der Waals surface area contributed by atoms with Crippen LogP contribution in [0.1, 0.15) is 12.0 Å². The van der Waals surface area contributed by atoms with Crippen molar-refractivity contribution in [2.45, 2.75) is 18.7 Å². The van der Waals surface area contributed by atoms with Gasteiger partial charge in [-0.15, -0.1) is 0 Å². The Morgan fingerprint density at radius 2 is 2.11 bits per heavy atom. The number of hydrogen-bond acceptors (Lipinski definition) is 4. The van der Waals surface area contributed by atoms with Crippen molar-refractivity contribution in [2.75, 3.05) is 19.7 Å². The van der Waals surface area contributed by atoms with Crippen LogP contribution >= 0.6 is 15.9 Å². The summed E-state index contributed by atoms with van der Waals surface area (Å²) in [6, 6.07) is 8.04. The van der Waals surface area contributed by atoms with E-state index in [1.807, 2.05) is 6.07 Å². The first-order valence-corrected chi connectivity index (χ1v) is 8.97. The number of amides is 1. The first-order chi connectivity index (χ1) is 12.8. The quantitative estimate of drug-likeness (QED) is 0.701. The van der Waals surface area contributed by atoms with E-state index in [4.69, 9.17) is 9.47 Å². The first-order valence-electron chi connectivity index (χ1n) is 8.18. The summed E-state index contributed by atoms with van der Waals surface area (Å²) in [5, 5.41) is 0. The third kappa shape index (κ3) is 5.12. The Bertz CT molecular complexity index is 816. The van der Waals surface area contributed by atoms with Gasteiger partial charge in [-0.05, 0) is 46.3 Å². The number of carbonyl (C=O) groups excluding carboxylic acids is 1. The zero-order chi connectivity index (χ0) is 19.4. The van der Waals surface area contributed by atoms with E-state index in [0.717, 1.165) is 16.6 Å². The summed E-state index contributed by atoms with van der Waals surface area (Å²) in [4.78, 5) is 18.0. The maximum absolute atomic E-state index is 12.7. The van der Waals surface area contributed by atoms with Crippen molar-refractivity contribution in [2.24, 2.45) is 0 Å². The fourth-order valence-electron chi connectivity index (χ4n) is 2.67. The highest BCUT2D eigenvalue weighted by molar-refractivity contribution is 9.10. The number of likely N-dealkylation sites (tertiary alicyclic amines) is 1. The van der Waals surface area contributed by atoms with Gasteiger partial charge in [-0.3, -0.25) is 4.79 Å². The Balaban J connectivity index is 1.52. The van der Waals surface area contributed by atoms with Crippen molar-refractivity contribution in [3.05, 3.63) is 52.6 Å². The number of rotatable bonds is 5. The Kier molecular flexibility index (Phi) is 5.88. The van der Waals surface area contributed by atoms with Gasteiger partial charge in [-0.1, -0.05) is 6.07 Å². The van der Waals surface area contributed by atoms with E-state index in [-0.39, 0.29) is 24.4 Å². The Hall–Kier alpha value is -2.29. The summed E-state index contributed by atoms with van der Waals surface area (Å²) in [6.45, 7) is 0.523.